The molecule has 12 nitrogen and oxygen atoms in total. The number of benzene rings is 4. The van der Waals surface area contributed by atoms with Crippen LogP contribution in [-0.2, 0) is 29.4 Å². The van der Waals surface area contributed by atoms with Gasteiger partial charge in [0.05, 0.1) is 31.0 Å². The molecule has 1 N–H and O–H groups in total. The number of pyridine rings is 1. The van der Waals surface area contributed by atoms with Gasteiger partial charge in [-0.25, -0.2) is 28.1 Å². The van der Waals surface area contributed by atoms with Gasteiger partial charge in [-0.15, -0.1) is 0 Å². The lowest BCUT2D eigenvalue weighted by Crippen LogP contribution is -2.47. The minimum atomic E-state index is -3.94. The zero-order valence-corrected chi connectivity index (χ0v) is 34.7. The number of hydrogen-bond acceptors (Lipinski definition) is 9. The van der Waals surface area contributed by atoms with E-state index in [1.165, 1.54) is 41.5 Å². The first-order chi connectivity index (χ1) is 29.9. The lowest BCUT2D eigenvalue weighted by Gasteiger charge is -2.37. The fourth-order valence-electron chi connectivity index (χ4n) is 8.03. The molecule has 1 saturated heterocycles. The van der Waals surface area contributed by atoms with Crippen molar-refractivity contribution in [2.24, 2.45) is 0 Å². The monoisotopic (exact) mass is 843 g/mol. The van der Waals surface area contributed by atoms with Crippen LogP contribution in [-0.4, -0.2) is 71.5 Å². The van der Waals surface area contributed by atoms with Gasteiger partial charge >= 0.3 is 11.6 Å². The summed E-state index contributed by atoms with van der Waals surface area (Å²) in [5.74, 6) is -4.36. The van der Waals surface area contributed by atoms with Crippen LogP contribution < -0.4 is 15.5 Å². The fraction of sp³-hybridized carbons (Fsp3) is 0.298. The molecule has 1 aliphatic rings. The number of alkyl halides is 2. The topological polar surface area (TPSA) is 119 Å². The summed E-state index contributed by atoms with van der Waals surface area (Å²) in [5, 5.41) is 20.2. The van der Waals surface area contributed by atoms with Crippen LogP contribution in [0.3, 0.4) is 0 Å². The third-order valence-corrected chi connectivity index (χ3v) is 11.6. The summed E-state index contributed by atoms with van der Waals surface area (Å²) >= 11 is 0. The highest BCUT2D eigenvalue weighted by atomic mass is 19.3. The van der Waals surface area contributed by atoms with Crippen molar-refractivity contribution in [2.75, 3.05) is 36.0 Å². The molecule has 0 bridgehead atoms. The molecule has 0 amide bonds. The Morgan fingerprint density at radius 2 is 1.44 bits per heavy atom. The average molecular weight is 844 g/mol. The number of rotatable bonds is 15. The summed E-state index contributed by atoms with van der Waals surface area (Å²) in [6, 6.07) is 32.8. The van der Waals surface area contributed by atoms with Crippen LogP contribution in [0.1, 0.15) is 49.0 Å². The van der Waals surface area contributed by atoms with Crippen molar-refractivity contribution in [1.82, 2.24) is 34.1 Å². The highest BCUT2D eigenvalue weighted by Gasteiger charge is 2.57. The minimum absolute atomic E-state index is 0.213. The molecule has 1 fully saturated rings. The molecule has 4 aromatic carbocycles. The van der Waals surface area contributed by atoms with E-state index in [2.05, 4.69) is 30.0 Å². The van der Waals surface area contributed by atoms with E-state index < -0.39 is 29.6 Å². The van der Waals surface area contributed by atoms with Crippen molar-refractivity contribution in [3.63, 3.8) is 0 Å². The Bertz CT molecular complexity index is 2630. The first kappa shape index (κ1) is 42.1. The number of aryl methyl sites for hydroxylation is 1. The third kappa shape index (κ3) is 8.63. The lowest BCUT2D eigenvalue weighted by molar-refractivity contribution is -0.206. The second-order valence-electron chi connectivity index (χ2n) is 15.6. The van der Waals surface area contributed by atoms with Crippen LogP contribution in [0, 0.1) is 12.7 Å². The molecule has 7 aromatic rings. The van der Waals surface area contributed by atoms with E-state index in [-0.39, 0.29) is 23.4 Å². The van der Waals surface area contributed by atoms with Crippen molar-refractivity contribution < 1.29 is 23.0 Å². The molecular formula is C47H48F3N9O3. The number of nitrogens with zero attached hydrogens (tertiary/aromatic N) is 9. The van der Waals surface area contributed by atoms with E-state index in [1.807, 2.05) is 92.7 Å². The molecule has 3 atom stereocenters. The summed E-state index contributed by atoms with van der Waals surface area (Å²) in [6.07, 6.45) is 4.64. The van der Waals surface area contributed by atoms with Crippen molar-refractivity contribution in [2.45, 2.75) is 64.0 Å². The van der Waals surface area contributed by atoms with Crippen molar-refractivity contribution in [1.29, 1.82) is 0 Å². The number of halogens is 3. The quantitative estimate of drug-likeness (QED) is 0.111. The summed E-state index contributed by atoms with van der Waals surface area (Å²) in [6.45, 7) is 8.52. The maximum atomic E-state index is 16.3. The van der Waals surface area contributed by atoms with Crippen molar-refractivity contribution >= 4 is 11.4 Å². The van der Waals surface area contributed by atoms with Gasteiger partial charge < -0.3 is 19.6 Å². The molecule has 15 heteroatoms. The first-order valence-corrected chi connectivity index (χ1v) is 20.6. The average Bonchev–Trinajstić information content (AvgIpc) is 3.89. The Morgan fingerprint density at radius 1 is 0.790 bits per heavy atom. The lowest BCUT2D eigenvalue weighted by atomic mass is 9.84. The second-order valence-corrected chi connectivity index (χ2v) is 15.6. The molecule has 1 aliphatic heterocycles. The third-order valence-electron chi connectivity index (χ3n) is 11.6. The number of hydrogen-bond donors (Lipinski definition) is 1. The number of anilines is 2. The van der Waals surface area contributed by atoms with Gasteiger partial charge in [0.2, 0.25) is 0 Å². The van der Waals surface area contributed by atoms with E-state index in [9.17, 15) is 14.3 Å². The Hall–Kier alpha value is -6.58. The Balaban J connectivity index is 0.884. The molecule has 0 spiro atoms. The van der Waals surface area contributed by atoms with E-state index in [0.717, 1.165) is 71.2 Å². The van der Waals surface area contributed by atoms with Gasteiger partial charge in [0, 0.05) is 49.3 Å². The van der Waals surface area contributed by atoms with Gasteiger partial charge in [-0.1, -0.05) is 67.6 Å². The molecule has 0 saturated carbocycles. The van der Waals surface area contributed by atoms with Crippen LogP contribution in [0.5, 0.6) is 0 Å². The maximum Gasteiger partial charge on any atom is 0.350 e. The molecule has 3 aromatic heterocycles. The van der Waals surface area contributed by atoms with Crippen molar-refractivity contribution in [3.05, 3.63) is 173 Å². The minimum Gasteiger partial charge on any atom is -0.377 e. The van der Waals surface area contributed by atoms with Gasteiger partial charge in [-0.2, -0.15) is 19.0 Å². The van der Waals surface area contributed by atoms with Gasteiger partial charge in [0.25, 0.3) is 0 Å². The Morgan fingerprint density at radius 3 is 2.03 bits per heavy atom. The molecule has 0 radical (unpaired) electrons. The van der Waals surface area contributed by atoms with Crippen LogP contribution in [0.15, 0.2) is 139 Å². The van der Waals surface area contributed by atoms with E-state index in [1.54, 1.807) is 17.8 Å². The summed E-state index contributed by atoms with van der Waals surface area (Å²) in [7, 11) is 0. The second kappa shape index (κ2) is 17.8. The Labute approximate surface area is 357 Å². The van der Waals surface area contributed by atoms with Crippen LogP contribution in [0.4, 0.5) is 24.5 Å². The van der Waals surface area contributed by atoms with Crippen LogP contribution in [0.25, 0.3) is 16.8 Å². The molecule has 320 valence electrons. The summed E-state index contributed by atoms with van der Waals surface area (Å²) in [4.78, 5) is 26.2. The standard InChI is InChI=1S/C47H48F3N9O3/c1-4-43(33(2)62-29-35-9-6-5-7-10-35)59-45(60)58(32-53-59)42-20-18-41(19-21-42)56-25-23-55(24-26-56)40-16-13-36(14-17-40)37-15-22-44(51-28-37)47(49,50)46(61,30-57-31-52-34(3)54-57)38-11-8-12-39(48)27-38/h5-22,27-28,31-33,43,61H,4,23-26,29-30H2,1-3H3/t33-,43-,46?/m0/s1. The van der Waals surface area contributed by atoms with Gasteiger partial charge in [-0.05, 0) is 91.6 Å². The zero-order valence-electron chi connectivity index (χ0n) is 34.7. The highest BCUT2D eigenvalue weighted by Crippen LogP contribution is 2.46. The van der Waals surface area contributed by atoms with Gasteiger partial charge in [0.1, 0.15) is 30.0 Å². The molecule has 1 unspecified atom stereocenters. The number of piperazine rings is 1. The molecule has 62 heavy (non-hydrogen) atoms. The highest BCUT2D eigenvalue weighted by molar-refractivity contribution is 5.66. The van der Waals surface area contributed by atoms with Crippen LogP contribution in [0.2, 0.25) is 0 Å². The van der Waals surface area contributed by atoms with Gasteiger partial charge in [0.15, 0.2) is 5.60 Å². The maximum absolute atomic E-state index is 16.3. The fourth-order valence-corrected chi connectivity index (χ4v) is 8.03. The van der Waals surface area contributed by atoms with Crippen molar-refractivity contribution in [3.8, 4) is 16.8 Å². The Kier molecular flexibility index (Phi) is 12.1. The molecule has 8 rings (SSSR count). The zero-order chi connectivity index (χ0) is 43.4. The SMILES string of the molecule is CC[C@@H]([C@H](C)OCc1ccccc1)n1ncn(-c2ccc(N3CCN(c4ccc(-c5ccc(C(F)(F)C(O)(Cn6cnc(C)n6)c6cccc(F)c6)nc5)cc4)CC3)cc2)c1=O. The molecular weight excluding hydrogens is 796 g/mol. The first-order valence-electron chi connectivity index (χ1n) is 20.6. The largest absolute Gasteiger partial charge is 0.377 e. The van der Waals surface area contributed by atoms with E-state index in [0.29, 0.717) is 24.4 Å². The van der Waals surface area contributed by atoms with E-state index in [4.69, 9.17) is 4.74 Å². The van der Waals surface area contributed by atoms with Crippen LogP contribution >= 0.6 is 0 Å². The summed E-state index contributed by atoms with van der Waals surface area (Å²) < 4.78 is 57.3. The predicted octanol–water partition coefficient (Wildman–Crippen LogP) is 7.70. The predicted molar refractivity (Wildman–Crippen MR) is 231 cm³/mol. The summed E-state index contributed by atoms with van der Waals surface area (Å²) in [5.41, 5.74) is 1.22. The molecule has 0 aliphatic carbocycles. The molecule has 4 heterocycles. The normalized spacial score (nSPS) is 15.3. The number of aromatic nitrogens is 7. The number of aliphatic hydroxyl groups is 1. The number of ether oxygens (including phenoxy) is 1. The smallest absolute Gasteiger partial charge is 0.350 e. The van der Waals surface area contributed by atoms with Gasteiger partial charge in [-0.3, -0.25) is 4.98 Å². The van der Waals surface area contributed by atoms with E-state index >= 15 is 8.78 Å².